The molecule has 0 aromatic rings. The van der Waals surface area contributed by atoms with Crippen molar-refractivity contribution < 1.29 is 9.84 Å². The fraction of sp³-hybridized carbons (Fsp3) is 1.00. The Bertz CT molecular complexity index is 170. The highest BCUT2D eigenvalue weighted by Gasteiger charge is 2.30. The van der Waals surface area contributed by atoms with Crippen LogP contribution in [0, 0.1) is 0 Å². The molecule has 0 saturated heterocycles. The van der Waals surface area contributed by atoms with Gasteiger partial charge in [0.25, 0.3) is 0 Å². The number of ether oxygens (including phenoxy) is 1. The second kappa shape index (κ2) is 5.35. The monoisotopic (exact) mass is 219 g/mol. The molecule has 1 unspecified atom stereocenters. The molecule has 1 aliphatic rings. The van der Waals surface area contributed by atoms with Crippen molar-refractivity contribution in [2.75, 3.05) is 25.7 Å². The van der Waals surface area contributed by atoms with Gasteiger partial charge in [0.15, 0.2) is 0 Å². The van der Waals surface area contributed by atoms with Gasteiger partial charge in [0.05, 0.1) is 11.7 Å². The van der Waals surface area contributed by atoms with Gasteiger partial charge in [-0.25, -0.2) is 0 Å². The molecule has 0 aliphatic heterocycles. The second-order valence-corrected chi connectivity index (χ2v) is 5.20. The van der Waals surface area contributed by atoms with Crippen LogP contribution in [-0.4, -0.2) is 48.5 Å². The second-order valence-electron chi connectivity index (χ2n) is 4.34. The molecule has 0 spiro atoms. The molecule has 0 bridgehead atoms. The van der Waals surface area contributed by atoms with Crippen LogP contribution in [0.4, 0.5) is 0 Å². The zero-order valence-corrected chi connectivity index (χ0v) is 10.1. The van der Waals surface area contributed by atoms with Crippen molar-refractivity contribution in [3.05, 3.63) is 0 Å². The lowest BCUT2D eigenvalue weighted by Crippen LogP contribution is -2.50. The van der Waals surface area contributed by atoms with E-state index in [1.807, 2.05) is 13.2 Å². The van der Waals surface area contributed by atoms with E-state index in [-0.39, 0.29) is 0 Å². The molecule has 1 saturated carbocycles. The molecule has 0 aromatic carbocycles. The van der Waals surface area contributed by atoms with Crippen molar-refractivity contribution >= 4 is 11.8 Å². The highest BCUT2D eigenvalue weighted by molar-refractivity contribution is 7.98. The van der Waals surface area contributed by atoms with E-state index in [4.69, 9.17) is 4.74 Å². The van der Waals surface area contributed by atoms with Crippen LogP contribution in [-0.2, 0) is 4.74 Å². The third-order valence-corrected chi connectivity index (χ3v) is 3.57. The topological polar surface area (TPSA) is 41.5 Å². The van der Waals surface area contributed by atoms with Crippen molar-refractivity contribution in [1.82, 2.24) is 5.32 Å². The molecule has 0 aromatic heterocycles. The van der Waals surface area contributed by atoms with Crippen molar-refractivity contribution in [3.8, 4) is 0 Å². The van der Waals surface area contributed by atoms with Crippen molar-refractivity contribution in [2.24, 2.45) is 0 Å². The van der Waals surface area contributed by atoms with E-state index in [9.17, 15) is 5.11 Å². The fourth-order valence-corrected chi connectivity index (χ4v) is 2.37. The maximum atomic E-state index is 9.89. The molecule has 1 rings (SSSR count). The van der Waals surface area contributed by atoms with Crippen LogP contribution in [0.1, 0.15) is 19.8 Å². The molecule has 0 amide bonds. The summed E-state index contributed by atoms with van der Waals surface area (Å²) < 4.78 is 5.19. The van der Waals surface area contributed by atoms with Gasteiger partial charge in [-0.2, -0.15) is 11.8 Å². The fourth-order valence-electron chi connectivity index (χ4n) is 1.65. The van der Waals surface area contributed by atoms with Crippen LogP contribution in [0.25, 0.3) is 0 Å². The Kier molecular flexibility index (Phi) is 4.70. The van der Waals surface area contributed by atoms with Gasteiger partial charge in [-0.1, -0.05) is 0 Å². The van der Waals surface area contributed by atoms with Crippen LogP contribution in [0.2, 0.25) is 0 Å². The molecule has 0 radical (unpaired) electrons. The smallest absolute Gasteiger partial charge is 0.0833 e. The molecule has 1 fully saturated rings. The zero-order valence-electron chi connectivity index (χ0n) is 9.25. The molecule has 1 aliphatic carbocycles. The summed E-state index contributed by atoms with van der Waals surface area (Å²) in [6.45, 7) is 2.55. The minimum absolute atomic E-state index is 0.429. The Labute approximate surface area is 90.6 Å². The lowest BCUT2D eigenvalue weighted by atomic mass is 9.89. The normalized spacial score (nSPS) is 30.9. The number of nitrogens with one attached hydrogen (secondary N) is 1. The van der Waals surface area contributed by atoms with E-state index < -0.39 is 5.60 Å². The van der Waals surface area contributed by atoms with E-state index in [1.165, 1.54) is 0 Å². The summed E-state index contributed by atoms with van der Waals surface area (Å²) in [7, 11) is 1.75. The third-order valence-electron chi connectivity index (χ3n) is 2.66. The number of thioether (sulfide) groups is 1. The van der Waals surface area contributed by atoms with Gasteiger partial charge >= 0.3 is 0 Å². The summed E-state index contributed by atoms with van der Waals surface area (Å²) >= 11 is 1.68. The predicted molar refractivity (Wildman–Crippen MR) is 60.8 cm³/mol. The lowest BCUT2D eigenvalue weighted by molar-refractivity contribution is 0.00722. The molecule has 0 heterocycles. The van der Waals surface area contributed by atoms with Crippen molar-refractivity contribution in [1.29, 1.82) is 0 Å². The first-order valence-corrected chi connectivity index (χ1v) is 6.44. The molecule has 2 N–H and O–H groups in total. The Morgan fingerprint density at radius 3 is 2.71 bits per heavy atom. The zero-order chi connectivity index (χ0) is 10.6. The number of aliphatic hydroxyl groups is 1. The molecular formula is C10H21NO2S. The first-order chi connectivity index (χ1) is 6.57. The minimum atomic E-state index is -0.586. The molecular weight excluding hydrogens is 198 g/mol. The van der Waals surface area contributed by atoms with Gasteiger partial charge in [-0.3, -0.25) is 0 Å². The molecule has 84 valence electrons. The maximum absolute atomic E-state index is 9.89. The van der Waals surface area contributed by atoms with E-state index in [2.05, 4.69) is 5.32 Å². The van der Waals surface area contributed by atoms with E-state index in [0.29, 0.717) is 18.7 Å². The van der Waals surface area contributed by atoms with Crippen molar-refractivity contribution in [2.45, 2.75) is 37.5 Å². The van der Waals surface area contributed by atoms with Gasteiger partial charge in [-0.05, 0) is 26.0 Å². The first-order valence-electron chi connectivity index (χ1n) is 5.05. The van der Waals surface area contributed by atoms with E-state index in [0.717, 1.165) is 18.6 Å². The average Bonchev–Trinajstić information content (AvgIpc) is 2.01. The molecule has 14 heavy (non-hydrogen) atoms. The van der Waals surface area contributed by atoms with E-state index >= 15 is 0 Å². The van der Waals surface area contributed by atoms with Crippen LogP contribution < -0.4 is 5.32 Å². The Morgan fingerprint density at radius 1 is 1.57 bits per heavy atom. The predicted octanol–water partition coefficient (Wildman–Crippen LogP) is 0.867. The highest BCUT2D eigenvalue weighted by atomic mass is 32.2. The number of hydrogen-bond acceptors (Lipinski definition) is 4. The summed E-state index contributed by atoms with van der Waals surface area (Å²) in [5, 5.41) is 13.3. The standard InChI is InChI=1S/C10H21NO2S/c1-10(12,7-14-3)6-11-8-4-9(5-8)13-2/h8-9,11-12H,4-7H2,1-3H3. The average molecular weight is 219 g/mol. The van der Waals surface area contributed by atoms with Gasteiger partial charge in [0.1, 0.15) is 0 Å². The van der Waals surface area contributed by atoms with Gasteiger partial charge in [0, 0.05) is 25.4 Å². The summed E-state index contributed by atoms with van der Waals surface area (Å²) in [6.07, 6.45) is 4.59. The third kappa shape index (κ3) is 3.77. The molecule has 4 heteroatoms. The van der Waals surface area contributed by atoms with Gasteiger partial charge in [0.2, 0.25) is 0 Å². The van der Waals surface area contributed by atoms with Gasteiger partial charge < -0.3 is 15.2 Å². The molecule has 3 nitrogen and oxygen atoms in total. The summed E-state index contributed by atoms with van der Waals surface area (Å²) in [4.78, 5) is 0. The Morgan fingerprint density at radius 2 is 2.21 bits per heavy atom. The minimum Gasteiger partial charge on any atom is -0.388 e. The Hall–Kier alpha value is 0.230. The van der Waals surface area contributed by atoms with E-state index in [1.54, 1.807) is 18.9 Å². The van der Waals surface area contributed by atoms with Crippen LogP contribution >= 0.6 is 11.8 Å². The SMILES string of the molecule is COC1CC(NCC(C)(O)CSC)C1. The lowest BCUT2D eigenvalue weighted by Gasteiger charge is -2.36. The van der Waals surface area contributed by atoms with Crippen molar-refractivity contribution in [3.63, 3.8) is 0 Å². The summed E-state index contributed by atoms with van der Waals surface area (Å²) in [5.41, 5.74) is -0.586. The Balaban J connectivity index is 2.09. The summed E-state index contributed by atoms with van der Waals surface area (Å²) in [6, 6.07) is 0.535. The number of rotatable bonds is 6. The van der Waals surface area contributed by atoms with Gasteiger partial charge in [-0.15, -0.1) is 0 Å². The first kappa shape index (κ1) is 12.3. The molecule has 1 atom stereocenters. The quantitative estimate of drug-likeness (QED) is 0.695. The maximum Gasteiger partial charge on any atom is 0.0833 e. The van der Waals surface area contributed by atoms with Crippen LogP contribution in [0.3, 0.4) is 0 Å². The highest BCUT2D eigenvalue weighted by Crippen LogP contribution is 2.23. The number of methoxy groups -OCH3 is 1. The van der Waals surface area contributed by atoms with Crippen LogP contribution in [0.15, 0.2) is 0 Å². The van der Waals surface area contributed by atoms with Crippen LogP contribution in [0.5, 0.6) is 0 Å². The largest absolute Gasteiger partial charge is 0.388 e. The summed E-state index contributed by atoms with van der Waals surface area (Å²) in [5.74, 6) is 0.778. The number of hydrogen-bond donors (Lipinski definition) is 2.